The topological polar surface area (TPSA) is 64.6 Å². The van der Waals surface area contributed by atoms with E-state index >= 15 is 0 Å². The van der Waals surface area contributed by atoms with Crippen LogP contribution in [0, 0.1) is 6.92 Å². The average Bonchev–Trinajstić information content (AvgIpc) is 2.60. The number of carbonyl (C=O) groups is 2. The van der Waals surface area contributed by atoms with E-state index in [9.17, 15) is 9.59 Å². The van der Waals surface area contributed by atoms with Gasteiger partial charge in [-0.1, -0.05) is 29.8 Å². The summed E-state index contributed by atoms with van der Waals surface area (Å²) in [5, 5.41) is 2.74. The monoisotopic (exact) mass is 327 g/mol. The smallest absolute Gasteiger partial charge is 0.339 e. The normalized spacial score (nSPS) is 10.1. The number of amides is 1. The van der Waals surface area contributed by atoms with E-state index < -0.39 is 5.97 Å². The van der Waals surface area contributed by atoms with Crippen LogP contribution < -0.4 is 10.1 Å². The Morgan fingerprint density at radius 2 is 1.75 bits per heavy atom. The van der Waals surface area contributed by atoms with Crippen molar-refractivity contribution in [2.24, 2.45) is 0 Å². The molecule has 0 aliphatic carbocycles. The molecule has 0 unspecified atom stereocenters. The van der Waals surface area contributed by atoms with E-state index in [1.165, 1.54) is 12.7 Å². The predicted molar refractivity (Wildman–Crippen MR) is 92.3 cm³/mol. The van der Waals surface area contributed by atoms with Gasteiger partial charge in [-0.3, -0.25) is 4.79 Å². The van der Waals surface area contributed by atoms with Gasteiger partial charge in [-0.05, 0) is 37.6 Å². The molecule has 0 bridgehead atoms. The first-order valence-corrected chi connectivity index (χ1v) is 7.77. The average molecular weight is 327 g/mol. The number of para-hydroxylation sites is 1. The molecule has 2 rings (SSSR count). The van der Waals surface area contributed by atoms with Crippen LogP contribution in [-0.2, 0) is 9.53 Å². The van der Waals surface area contributed by atoms with Gasteiger partial charge in [-0.15, -0.1) is 0 Å². The third-order valence-electron chi connectivity index (χ3n) is 3.44. The van der Waals surface area contributed by atoms with Gasteiger partial charge < -0.3 is 14.8 Å². The predicted octanol–water partition coefficient (Wildman–Crippen LogP) is 3.58. The Balaban J connectivity index is 1.79. The van der Waals surface area contributed by atoms with Crippen molar-refractivity contribution in [2.75, 3.05) is 19.0 Å². The highest BCUT2D eigenvalue weighted by Gasteiger charge is 2.12. The zero-order valence-corrected chi connectivity index (χ0v) is 13.9. The molecular weight excluding hydrogens is 306 g/mol. The van der Waals surface area contributed by atoms with Gasteiger partial charge in [0, 0.05) is 6.42 Å². The molecule has 0 atom stereocenters. The van der Waals surface area contributed by atoms with Crippen LogP contribution >= 0.6 is 0 Å². The number of carbonyl (C=O) groups excluding carboxylic acids is 2. The first kappa shape index (κ1) is 17.5. The molecule has 0 saturated heterocycles. The zero-order chi connectivity index (χ0) is 17.4. The molecule has 0 aliphatic heterocycles. The van der Waals surface area contributed by atoms with Gasteiger partial charge in [0.25, 0.3) is 0 Å². The minimum absolute atomic E-state index is 0.168. The second-order valence-corrected chi connectivity index (χ2v) is 5.35. The second-order valence-electron chi connectivity index (χ2n) is 5.35. The van der Waals surface area contributed by atoms with Gasteiger partial charge in [-0.25, -0.2) is 4.79 Å². The lowest BCUT2D eigenvalue weighted by Crippen LogP contribution is -2.15. The number of anilines is 1. The first-order chi connectivity index (χ1) is 11.6. The molecule has 126 valence electrons. The van der Waals surface area contributed by atoms with Crippen molar-refractivity contribution in [3.8, 4) is 5.75 Å². The van der Waals surface area contributed by atoms with Crippen LogP contribution in [-0.4, -0.2) is 25.6 Å². The third kappa shape index (κ3) is 5.12. The second kappa shape index (κ2) is 8.72. The van der Waals surface area contributed by atoms with E-state index in [0.717, 1.165) is 5.75 Å². The Labute approximate surface area is 141 Å². The van der Waals surface area contributed by atoms with Crippen LogP contribution in [0.25, 0.3) is 0 Å². The number of rotatable bonds is 7. The zero-order valence-electron chi connectivity index (χ0n) is 13.9. The van der Waals surface area contributed by atoms with Crippen LogP contribution in [0.4, 0.5) is 5.69 Å². The van der Waals surface area contributed by atoms with Gasteiger partial charge in [0.1, 0.15) is 5.75 Å². The number of hydrogen-bond donors (Lipinski definition) is 1. The number of ether oxygens (including phenoxy) is 2. The molecule has 1 amide bonds. The van der Waals surface area contributed by atoms with Crippen molar-refractivity contribution in [1.29, 1.82) is 0 Å². The SMILES string of the molecule is COC(=O)c1ccccc1NC(=O)CCCOc1ccc(C)cc1. The van der Waals surface area contributed by atoms with Crippen LogP contribution in [0.2, 0.25) is 0 Å². The molecule has 5 heteroatoms. The molecule has 0 heterocycles. The Morgan fingerprint density at radius 3 is 2.46 bits per heavy atom. The van der Waals surface area contributed by atoms with Crippen molar-refractivity contribution in [3.63, 3.8) is 0 Å². The third-order valence-corrected chi connectivity index (χ3v) is 3.44. The van der Waals surface area contributed by atoms with Crippen molar-refractivity contribution in [2.45, 2.75) is 19.8 Å². The van der Waals surface area contributed by atoms with E-state index in [1.54, 1.807) is 24.3 Å². The number of benzene rings is 2. The van der Waals surface area contributed by atoms with Gasteiger partial charge in [0.15, 0.2) is 0 Å². The van der Waals surface area contributed by atoms with Crippen molar-refractivity contribution >= 4 is 17.6 Å². The lowest BCUT2D eigenvalue weighted by atomic mass is 10.1. The summed E-state index contributed by atoms with van der Waals surface area (Å²) in [6.45, 7) is 2.47. The highest BCUT2D eigenvalue weighted by molar-refractivity contribution is 6.01. The Morgan fingerprint density at radius 1 is 1.04 bits per heavy atom. The lowest BCUT2D eigenvalue weighted by molar-refractivity contribution is -0.116. The number of methoxy groups -OCH3 is 1. The summed E-state index contributed by atoms with van der Waals surface area (Å²) in [7, 11) is 1.31. The van der Waals surface area contributed by atoms with Gasteiger partial charge in [0.05, 0.1) is 25.0 Å². The minimum atomic E-state index is -0.478. The van der Waals surface area contributed by atoms with E-state index in [4.69, 9.17) is 9.47 Å². The van der Waals surface area contributed by atoms with Crippen molar-refractivity contribution in [3.05, 3.63) is 59.7 Å². The summed E-state index contributed by atoms with van der Waals surface area (Å²) in [4.78, 5) is 23.7. The molecule has 2 aromatic carbocycles. The maximum Gasteiger partial charge on any atom is 0.339 e. The first-order valence-electron chi connectivity index (χ1n) is 7.77. The summed E-state index contributed by atoms with van der Waals surface area (Å²) in [5.41, 5.74) is 1.96. The lowest BCUT2D eigenvalue weighted by Gasteiger charge is -2.10. The molecule has 2 aromatic rings. The van der Waals surface area contributed by atoms with Gasteiger partial charge in [-0.2, -0.15) is 0 Å². The molecule has 24 heavy (non-hydrogen) atoms. The minimum Gasteiger partial charge on any atom is -0.494 e. The van der Waals surface area contributed by atoms with Gasteiger partial charge in [0.2, 0.25) is 5.91 Å². The highest BCUT2D eigenvalue weighted by atomic mass is 16.5. The van der Waals surface area contributed by atoms with Crippen molar-refractivity contribution < 1.29 is 19.1 Å². The Kier molecular flexibility index (Phi) is 6.37. The quantitative estimate of drug-likeness (QED) is 0.623. The number of hydrogen-bond acceptors (Lipinski definition) is 4. The fourth-order valence-electron chi connectivity index (χ4n) is 2.15. The molecule has 0 saturated carbocycles. The summed E-state index contributed by atoms with van der Waals surface area (Å²) in [6, 6.07) is 14.5. The summed E-state index contributed by atoms with van der Waals surface area (Å²) in [6.07, 6.45) is 0.890. The highest BCUT2D eigenvalue weighted by Crippen LogP contribution is 2.16. The summed E-state index contributed by atoms with van der Waals surface area (Å²) < 4.78 is 10.3. The van der Waals surface area contributed by atoms with Crippen molar-refractivity contribution in [1.82, 2.24) is 0 Å². The summed E-state index contributed by atoms with van der Waals surface area (Å²) >= 11 is 0. The molecule has 5 nitrogen and oxygen atoms in total. The van der Waals surface area contributed by atoms with Crippen LogP contribution in [0.3, 0.4) is 0 Å². The molecule has 1 N–H and O–H groups in total. The number of nitrogens with one attached hydrogen (secondary N) is 1. The maximum absolute atomic E-state index is 12.0. The number of aryl methyl sites for hydroxylation is 1. The summed E-state index contributed by atoms with van der Waals surface area (Å²) in [5.74, 6) is 0.143. The van der Waals surface area contributed by atoms with E-state index in [1.807, 2.05) is 31.2 Å². The Bertz CT molecular complexity index is 695. The maximum atomic E-state index is 12.0. The van der Waals surface area contributed by atoms with Crippen LogP contribution in [0.1, 0.15) is 28.8 Å². The van der Waals surface area contributed by atoms with E-state index in [0.29, 0.717) is 30.7 Å². The fraction of sp³-hybridized carbons (Fsp3) is 0.263. The number of esters is 1. The standard InChI is InChI=1S/C19H21NO4/c1-14-9-11-15(12-10-14)24-13-5-8-18(21)20-17-7-4-3-6-16(17)19(22)23-2/h3-4,6-7,9-12H,5,8,13H2,1-2H3,(H,20,21). The van der Waals surface area contributed by atoms with Crippen LogP contribution in [0.15, 0.2) is 48.5 Å². The van der Waals surface area contributed by atoms with Crippen LogP contribution in [0.5, 0.6) is 5.75 Å². The molecular formula is C19H21NO4. The van der Waals surface area contributed by atoms with Gasteiger partial charge >= 0.3 is 5.97 Å². The molecule has 0 aliphatic rings. The fourth-order valence-corrected chi connectivity index (χ4v) is 2.15. The molecule has 0 fully saturated rings. The molecule has 0 aromatic heterocycles. The van der Waals surface area contributed by atoms with E-state index in [-0.39, 0.29) is 5.91 Å². The molecule has 0 spiro atoms. The Hall–Kier alpha value is -2.82. The molecule has 0 radical (unpaired) electrons. The largest absolute Gasteiger partial charge is 0.494 e. The van der Waals surface area contributed by atoms with E-state index in [2.05, 4.69) is 5.32 Å².